The third-order valence-electron chi connectivity index (χ3n) is 2.74. The number of aromatic nitrogens is 1. The first kappa shape index (κ1) is 10.4. The average molecular weight is 213 g/mol. The highest BCUT2D eigenvalue weighted by atomic mass is 19.3. The first-order valence-corrected chi connectivity index (χ1v) is 4.96. The minimum absolute atomic E-state index is 0.0490. The maximum Gasteiger partial charge on any atom is 0.280 e. The molecular weight excluding hydrogens is 200 g/mol. The Hall–Kier alpha value is -1.07. The molecule has 3 N–H and O–H groups in total. The van der Waals surface area contributed by atoms with Gasteiger partial charge in [-0.25, -0.2) is 8.78 Å². The first-order valence-electron chi connectivity index (χ1n) is 4.96. The van der Waals surface area contributed by atoms with Crippen molar-refractivity contribution in [3.8, 4) is 0 Å². The molecule has 0 saturated carbocycles. The predicted molar refractivity (Wildman–Crippen MR) is 52.2 cm³/mol. The fourth-order valence-corrected chi connectivity index (χ4v) is 1.97. The molecule has 0 radical (unpaired) electrons. The van der Waals surface area contributed by atoms with Gasteiger partial charge >= 0.3 is 0 Å². The van der Waals surface area contributed by atoms with Gasteiger partial charge in [0.2, 0.25) is 0 Å². The molecule has 0 unspecified atom stereocenters. The topological polar surface area (TPSA) is 50.9 Å². The molecule has 3 nitrogen and oxygen atoms in total. The van der Waals surface area contributed by atoms with Crippen LogP contribution in [0.25, 0.3) is 0 Å². The average Bonchev–Trinajstić information content (AvgIpc) is 2.27. The fourth-order valence-electron chi connectivity index (χ4n) is 1.97. The van der Waals surface area contributed by atoms with E-state index in [1.807, 2.05) is 0 Å². The molecule has 5 heteroatoms. The number of nitrogens with two attached hydrogens (primary N) is 1. The number of rotatable bonds is 2. The van der Waals surface area contributed by atoms with Crippen molar-refractivity contribution in [3.63, 3.8) is 0 Å². The minimum atomic E-state index is -2.50. The highest BCUT2D eigenvalue weighted by Crippen LogP contribution is 2.29. The van der Waals surface area contributed by atoms with Gasteiger partial charge in [0, 0.05) is 11.7 Å². The van der Waals surface area contributed by atoms with Crippen LogP contribution in [0.1, 0.15) is 42.3 Å². The molecule has 15 heavy (non-hydrogen) atoms. The number of nitrogens with zero attached hydrogens (tertiary/aromatic N) is 1. The molecule has 0 amide bonds. The Morgan fingerprint density at radius 2 is 2.27 bits per heavy atom. The summed E-state index contributed by atoms with van der Waals surface area (Å²) in [6, 6.07) is 3.13. The normalized spacial score (nSPS) is 20.4. The Balaban J connectivity index is 2.36. The Morgan fingerprint density at radius 3 is 2.93 bits per heavy atom. The number of aryl methyl sites for hydroxylation is 1. The first-order chi connectivity index (χ1) is 7.22. The van der Waals surface area contributed by atoms with Crippen LogP contribution in [0.15, 0.2) is 12.1 Å². The lowest BCUT2D eigenvalue weighted by Crippen LogP contribution is -2.31. The van der Waals surface area contributed by atoms with Gasteiger partial charge in [-0.3, -0.25) is 16.3 Å². The molecule has 1 heterocycles. The van der Waals surface area contributed by atoms with Gasteiger partial charge in [0.25, 0.3) is 6.43 Å². The lowest BCUT2D eigenvalue weighted by Gasteiger charge is -2.24. The van der Waals surface area contributed by atoms with Crippen molar-refractivity contribution in [3.05, 3.63) is 29.1 Å². The van der Waals surface area contributed by atoms with E-state index in [-0.39, 0.29) is 11.7 Å². The lowest BCUT2D eigenvalue weighted by atomic mass is 9.91. The second-order valence-electron chi connectivity index (χ2n) is 3.68. The van der Waals surface area contributed by atoms with E-state index in [4.69, 9.17) is 5.84 Å². The van der Waals surface area contributed by atoms with Crippen LogP contribution < -0.4 is 11.3 Å². The number of hydrogen-bond donors (Lipinski definition) is 2. The summed E-state index contributed by atoms with van der Waals surface area (Å²) in [5.41, 5.74) is 4.24. The molecule has 82 valence electrons. The second kappa shape index (κ2) is 4.20. The Labute approximate surface area is 86.7 Å². The van der Waals surface area contributed by atoms with E-state index in [2.05, 4.69) is 10.4 Å². The molecule has 0 spiro atoms. The molecule has 1 aliphatic rings. The van der Waals surface area contributed by atoms with Crippen LogP contribution in [0.5, 0.6) is 0 Å². The molecular formula is C10H13F2N3. The van der Waals surface area contributed by atoms with E-state index < -0.39 is 6.43 Å². The van der Waals surface area contributed by atoms with Gasteiger partial charge in [0.05, 0.1) is 0 Å². The van der Waals surface area contributed by atoms with Crippen molar-refractivity contribution < 1.29 is 8.78 Å². The number of fused-ring (bicyclic) bond motifs is 1. The van der Waals surface area contributed by atoms with Crippen LogP contribution >= 0.6 is 0 Å². The summed E-state index contributed by atoms with van der Waals surface area (Å²) >= 11 is 0. The summed E-state index contributed by atoms with van der Waals surface area (Å²) in [6.07, 6.45) is 0.121. The van der Waals surface area contributed by atoms with Crippen molar-refractivity contribution in [2.24, 2.45) is 5.84 Å². The zero-order valence-electron chi connectivity index (χ0n) is 8.21. The summed E-state index contributed by atoms with van der Waals surface area (Å²) < 4.78 is 24.8. The molecule has 1 aliphatic carbocycles. The molecule has 1 atom stereocenters. The quantitative estimate of drug-likeness (QED) is 0.582. The Morgan fingerprint density at radius 1 is 1.47 bits per heavy atom. The van der Waals surface area contributed by atoms with Crippen LogP contribution in [0, 0.1) is 0 Å². The smallest absolute Gasteiger partial charge is 0.271 e. The monoisotopic (exact) mass is 213 g/mol. The zero-order valence-corrected chi connectivity index (χ0v) is 8.21. The maximum atomic E-state index is 12.4. The van der Waals surface area contributed by atoms with E-state index in [0.717, 1.165) is 30.5 Å². The number of alkyl halides is 2. The highest BCUT2D eigenvalue weighted by Gasteiger charge is 2.21. The molecule has 0 aliphatic heterocycles. The van der Waals surface area contributed by atoms with Gasteiger partial charge in [-0.2, -0.15) is 0 Å². The fraction of sp³-hybridized carbons (Fsp3) is 0.500. The number of halogens is 2. The molecule has 1 aromatic heterocycles. The lowest BCUT2D eigenvalue weighted by molar-refractivity contribution is 0.145. The summed E-state index contributed by atoms with van der Waals surface area (Å²) in [7, 11) is 0. The van der Waals surface area contributed by atoms with Gasteiger partial charge in [-0.1, -0.05) is 6.07 Å². The van der Waals surface area contributed by atoms with Crippen molar-refractivity contribution >= 4 is 0 Å². The van der Waals surface area contributed by atoms with Crippen molar-refractivity contribution in [1.82, 2.24) is 10.4 Å². The summed E-state index contributed by atoms with van der Waals surface area (Å²) in [5.74, 6) is 5.39. The van der Waals surface area contributed by atoms with E-state index >= 15 is 0 Å². The second-order valence-corrected chi connectivity index (χ2v) is 3.68. The molecule has 2 rings (SSSR count). The summed E-state index contributed by atoms with van der Waals surface area (Å²) in [6.45, 7) is 0. The Bertz CT molecular complexity index is 355. The summed E-state index contributed by atoms with van der Waals surface area (Å²) in [4.78, 5) is 3.97. The van der Waals surface area contributed by atoms with Crippen molar-refractivity contribution in [2.75, 3.05) is 0 Å². The van der Waals surface area contributed by atoms with E-state index in [1.54, 1.807) is 6.07 Å². The predicted octanol–water partition coefficient (Wildman–Crippen LogP) is 1.86. The SMILES string of the molecule is NN[C@H]1CCCc2nc(C(F)F)ccc21. The Kier molecular flexibility index (Phi) is 2.93. The largest absolute Gasteiger partial charge is 0.280 e. The molecule has 0 fully saturated rings. The van der Waals surface area contributed by atoms with Crippen LogP contribution in [0.3, 0.4) is 0 Å². The van der Waals surface area contributed by atoms with Gasteiger partial charge in [0.15, 0.2) is 0 Å². The molecule has 1 aromatic rings. The van der Waals surface area contributed by atoms with Gasteiger partial charge in [0.1, 0.15) is 5.69 Å². The maximum absolute atomic E-state index is 12.4. The van der Waals surface area contributed by atoms with Crippen LogP contribution in [-0.4, -0.2) is 4.98 Å². The standard InChI is InChI=1S/C10H13F2N3/c11-10(12)9-5-4-6-7(14-9)2-1-3-8(6)15-13/h4-5,8,10,15H,1-3,13H2/t8-/m0/s1. The summed E-state index contributed by atoms with van der Waals surface area (Å²) in [5, 5.41) is 0. The van der Waals surface area contributed by atoms with Crippen LogP contribution in [0.4, 0.5) is 8.78 Å². The minimum Gasteiger partial charge on any atom is -0.271 e. The molecule has 0 aromatic carbocycles. The number of pyridine rings is 1. The number of hydrogen-bond acceptors (Lipinski definition) is 3. The van der Waals surface area contributed by atoms with Gasteiger partial charge in [-0.05, 0) is 30.9 Å². The molecule has 0 saturated heterocycles. The highest BCUT2D eigenvalue weighted by molar-refractivity contribution is 5.28. The van der Waals surface area contributed by atoms with E-state index in [9.17, 15) is 8.78 Å². The third kappa shape index (κ3) is 1.98. The van der Waals surface area contributed by atoms with Crippen molar-refractivity contribution in [2.45, 2.75) is 31.7 Å². The zero-order chi connectivity index (χ0) is 10.8. The third-order valence-corrected chi connectivity index (χ3v) is 2.74. The van der Waals surface area contributed by atoms with Crippen molar-refractivity contribution in [1.29, 1.82) is 0 Å². The van der Waals surface area contributed by atoms with Gasteiger partial charge < -0.3 is 0 Å². The number of nitrogens with one attached hydrogen (secondary N) is 1. The molecule has 0 bridgehead atoms. The number of hydrazine groups is 1. The van der Waals surface area contributed by atoms with Crippen LogP contribution in [0.2, 0.25) is 0 Å². The van der Waals surface area contributed by atoms with E-state index in [0.29, 0.717) is 0 Å². The van der Waals surface area contributed by atoms with Gasteiger partial charge in [-0.15, -0.1) is 0 Å². The van der Waals surface area contributed by atoms with E-state index in [1.165, 1.54) is 6.07 Å². The van der Waals surface area contributed by atoms with Crippen LogP contribution in [-0.2, 0) is 6.42 Å².